The fraction of sp³-hybridized carbons (Fsp3) is 0.462. The van der Waals surface area contributed by atoms with E-state index in [-0.39, 0.29) is 11.9 Å². The van der Waals surface area contributed by atoms with Crippen molar-refractivity contribution >= 4 is 29.3 Å². The number of hydrogen-bond donors (Lipinski definition) is 1. The number of carbonyl (C=O) groups is 1. The standard InChI is InChI=1S/C13H15ClN2OS/c14-11-3-1-2-9-6-16(5-4-10(9)11)13(17)12-7-18-8-15-12/h1-3,12,15H,4-8H2. The van der Waals surface area contributed by atoms with Gasteiger partial charge in [-0.1, -0.05) is 23.7 Å². The van der Waals surface area contributed by atoms with E-state index in [0.717, 1.165) is 29.6 Å². The molecule has 1 unspecified atom stereocenters. The summed E-state index contributed by atoms with van der Waals surface area (Å²) in [5.41, 5.74) is 2.39. The van der Waals surface area contributed by atoms with Crippen LogP contribution in [0.1, 0.15) is 11.1 Å². The van der Waals surface area contributed by atoms with Gasteiger partial charge in [0.2, 0.25) is 5.91 Å². The molecule has 1 N–H and O–H groups in total. The number of amides is 1. The molecule has 2 aliphatic rings. The van der Waals surface area contributed by atoms with E-state index in [1.54, 1.807) is 11.8 Å². The van der Waals surface area contributed by atoms with Crippen LogP contribution in [0.25, 0.3) is 0 Å². The van der Waals surface area contributed by atoms with Crippen LogP contribution in [0.5, 0.6) is 0 Å². The van der Waals surface area contributed by atoms with Crippen LogP contribution in [0.3, 0.4) is 0 Å². The van der Waals surface area contributed by atoms with E-state index in [1.807, 2.05) is 17.0 Å². The van der Waals surface area contributed by atoms with E-state index in [9.17, 15) is 4.79 Å². The number of benzene rings is 1. The second-order valence-corrected chi connectivity index (χ2v) is 6.10. The molecule has 0 aliphatic carbocycles. The zero-order valence-electron chi connectivity index (χ0n) is 9.99. The molecule has 2 aliphatic heterocycles. The van der Waals surface area contributed by atoms with E-state index in [4.69, 9.17) is 11.6 Å². The summed E-state index contributed by atoms with van der Waals surface area (Å²) in [6, 6.07) is 5.94. The first-order chi connectivity index (χ1) is 8.75. The maximum absolute atomic E-state index is 12.3. The molecule has 5 heteroatoms. The fourth-order valence-electron chi connectivity index (χ4n) is 2.53. The number of nitrogens with one attached hydrogen (secondary N) is 1. The molecule has 1 atom stereocenters. The minimum Gasteiger partial charge on any atom is -0.337 e. The number of carbonyl (C=O) groups excluding carboxylic acids is 1. The van der Waals surface area contributed by atoms with Crippen molar-refractivity contribution in [2.75, 3.05) is 18.2 Å². The summed E-state index contributed by atoms with van der Waals surface area (Å²) in [6.07, 6.45) is 0.862. The van der Waals surface area contributed by atoms with Crippen LogP contribution in [0.4, 0.5) is 0 Å². The Balaban J connectivity index is 1.76. The Bertz CT molecular complexity index is 474. The molecule has 2 heterocycles. The lowest BCUT2D eigenvalue weighted by atomic mass is 9.99. The van der Waals surface area contributed by atoms with Crippen LogP contribution in [0.15, 0.2) is 18.2 Å². The highest BCUT2D eigenvalue weighted by atomic mass is 35.5. The number of fused-ring (bicyclic) bond motifs is 1. The normalized spacial score (nSPS) is 22.9. The van der Waals surface area contributed by atoms with Crippen molar-refractivity contribution in [2.24, 2.45) is 0 Å². The summed E-state index contributed by atoms with van der Waals surface area (Å²) in [5.74, 6) is 2.00. The lowest BCUT2D eigenvalue weighted by molar-refractivity contribution is -0.133. The molecular formula is C13H15ClN2OS. The summed E-state index contributed by atoms with van der Waals surface area (Å²) in [5, 5.41) is 4.06. The van der Waals surface area contributed by atoms with Gasteiger partial charge in [0, 0.05) is 29.7 Å². The van der Waals surface area contributed by atoms with Gasteiger partial charge >= 0.3 is 0 Å². The van der Waals surface area contributed by atoms with E-state index in [2.05, 4.69) is 11.4 Å². The molecule has 18 heavy (non-hydrogen) atoms. The second kappa shape index (κ2) is 5.11. The van der Waals surface area contributed by atoms with Crippen LogP contribution in [-0.4, -0.2) is 35.0 Å². The Morgan fingerprint density at radius 3 is 3.17 bits per heavy atom. The van der Waals surface area contributed by atoms with Crippen molar-refractivity contribution in [2.45, 2.75) is 19.0 Å². The fourth-order valence-corrected chi connectivity index (χ4v) is 3.75. The first-order valence-electron chi connectivity index (χ1n) is 6.12. The lowest BCUT2D eigenvalue weighted by Gasteiger charge is -2.31. The average molecular weight is 283 g/mol. The van der Waals surface area contributed by atoms with Crippen LogP contribution in [0.2, 0.25) is 5.02 Å². The summed E-state index contributed by atoms with van der Waals surface area (Å²) < 4.78 is 0. The van der Waals surface area contributed by atoms with Crippen molar-refractivity contribution in [1.82, 2.24) is 10.2 Å². The van der Waals surface area contributed by atoms with Gasteiger partial charge in [-0.3, -0.25) is 10.1 Å². The molecule has 0 saturated carbocycles. The van der Waals surface area contributed by atoms with Gasteiger partial charge in [0.1, 0.15) is 0 Å². The highest BCUT2D eigenvalue weighted by molar-refractivity contribution is 7.99. The zero-order chi connectivity index (χ0) is 12.5. The van der Waals surface area contributed by atoms with Gasteiger partial charge in [-0.25, -0.2) is 0 Å². The lowest BCUT2D eigenvalue weighted by Crippen LogP contribution is -2.46. The highest BCUT2D eigenvalue weighted by Crippen LogP contribution is 2.26. The molecule has 0 bridgehead atoms. The molecule has 1 amide bonds. The van der Waals surface area contributed by atoms with Gasteiger partial charge < -0.3 is 4.90 Å². The topological polar surface area (TPSA) is 32.3 Å². The van der Waals surface area contributed by atoms with E-state index < -0.39 is 0 Å². The van der Waals surface area contributed by atoms with Crippen molar-refractivity contribution in [1.29, 1.82) is 0 Å². The Morgan fingerprint density at radius 1 is 1.50 bits per heavy atom. The van der Waals surface area contributed by atoms with Gasteiger partial charge in [0.25, 0.3) is 0 Å². The first-order valence-corrected chi connectivity index (χ1v) is 7.65. The van der Waals surface area contributed by atoms with Crippen molar-refractivity contribution in [3.63, 3.8) is 0 Å². The maximum Gasteiger partial charge on any atom is 0.240 e. The van der Waals surface area contributed by atoms with E-state index in [1.165, 1.54) is 11.1 Å². The largest absolute Gasteiger partial charge is 0.337 e. The van der Waals surface area contributed by atoms with E-state index in [0.29, 0.717) is 6.54 Å². The molecular weight excluding hydrogens is 268 g/mol. The van der Waals surface area contributed by atoms with Crippen molar-refractivity contribution < 1.29 is 4.79 Å². The highest BCUT2D eigenvalue weighted by Gasteiger charge is 2.29. The van der Waals surface area contributed by atoms with Crippen LogP contribution in [-0.2, 0) is 17.8 Å². The maximum atomic E-state index is 12.3. The predicted octanol–water partition coefficient (Wildman–Crippen LogP) is 1.89. The van der Waals surface area contributed by atoms with Crippen LogP contribution >= 0.6 is 23.4 Å². The number of hydrogen-bond acceptors (Lipinski definition) is 3. The molecule has 0 spiro atoms. The zero-order valence-corrected chi connectivity index (χ0v) is 11.6. The third kappa shape index (κ3) is 2.25. The molecule has 0 aromatic heterocycles. The number of rotatable bonds is 1. The smallest absolute Gasteiger partial charge is 0.240 e. The van der Waals surface area contributed by atoms with Crippen LogP contribution < -0.4 is 5.32 Å². The van der Waals surface area contributed by atoms with Gasteiger partial charge in [0.15, 0.2) is 0 Å². The molecule has 3 rings (SSSR count). The van der Waals surface area contributed by atoms with Gasteiger partial charge in [-0.05, 0) is 23.6 Å². The Morgan fingerprint density at radius 2 is 2.39 bits per heavy atom. The predicted molar refractivity (Wildman–Crippen MR) is 74.8 cm³/mol. The summed E-state index contributed by atoms with van der Waals surface area (Å²) in [6.45, 7) is 1.47. The Hall–Kier alpha value is -0.710. The summed E-state index contributed by atoms with van der Waals surface area (Å²) in [7, 11) is 0. The van der Waals surface area contributed by atoms with Crippen molar-refractivity contribution in [3.05, 3.63) is 34.3 Å². The third-order valence-electron chi connectivity index (χ3n) is 3.53. The molecule has 3 nitrogen and oxygen atoms in total. The molecule has 1 aromatic carbocycles. The van der Waals surface area contributed by atoms with Crippen molar-refractivity contribution in [3.8, 4) is 0 Å². The van der Waals surface area contributed by atoms with E-state index >= 15 is 0 Å². The number of halogens is 1. The van der Waals surface area contributed by atoms with Crippen LogP contribution in [0, 0.1) is 0 Å². The number of nitrogens with zero attached hydrogens (tertiary/aromatic N) is 1. The Labute approximate surface area is 116 Å². The minimum absolute atomic E-state index is 0.00395. The second-order valence-electron chi connectivity index (χ2n) is 4.66. The third-order valence-corrected chi connectivity index (χ3v) is 4.83. The molecule has 0 radical (unpaired) electrons. The van der Waals surface area contributed by atoms with Gasteiger partial charge in [-0.15, -0.1) is 11.8 Å². The SMILES string of the molecule is O=C(C1CSCN1)N1CCc2c(Cl)cccc2C1. The minimum atomic E-state index is -0.00395. The average Bonchev–Trinajstić information content (AvgIpc) is 2.91. The molecule has 1 fully saturated rings. The molecule has 1 saturated heterocycles. The quantitative estimate of drug-likeness (QED) is 0.854. The summed E-state index contributed by atoms with van der Waals surface area (Å²) in [4.78, 5) is 14.3. The monoisotopic (exact) mass is 282 g/mol. The molecule has 96 valence electrons. The number of thioether (sulfide) groups is 1. The van der Waals surface area contributed by atoms with Gasteiger partial charge in [0.05, 0.1) is 6.04 Å². The first kappa shape index (κ1) is 12.3. The Kier molecular flexibility index (Phi) is 3.50. The molecule has 1 aromatic rings. The summed E-state index contributed by atoms with van der Waals surface area (Å²) >= 11 is 7.96. The van der Waals surface area contributed by atoms with Gasteiger partial charge in [-0.2, -0.15) is 0 Å².